The monoisotopic (exact) mass is 686 g/mol. The molecule has 8 nitrogen and oxygen atoms in total. The van der Waals surface area contributed by atoms with Crippen molar-refractivity contribution in [2.45, 2.75) is 44.5 Å². The largest absolute Gasteiger partial charge is 0.492 e. The molecular weight excluding hydrogens is 655 g/mol. The molecule has 0 saturated carbocycles. The van der Waals surface area contributed by atoms with Crippen LogP contribution in [0.25, 0.3) is 10.9 Å². The van der Waals surface area contributed by atoms with Gasteiger partial charge in [-0.1, -0.05) is 51.7 Å². The van der Waals surface area contributed by atoms with Crippen molar-refractivity contribution in [1.29, 1.82) is 5.26 Å². The Morgan fingerprint density at radius 1 is 1.13 bits per heavy atom. The second-order valence-corrected chi connectivity index (χ2v) is 15.4. The smallest absolute Gasteiger partial charge is 0.232 e. The predicted molar refractivity (Wildman–Crippen MR) is 183 cm³/mol. The number of sulfonamides is 1. The zero-order chi connectivity index (χ0) is 31.8. The van der Waals surface area contributed by atoms with Crippen molar-refractivity contribution in [1.82, 2.24) is 4.98 Å². The van der Waals surface area contributed by atoms with E-state index in [1.54, 1.807) is 42.5 Å². The summed E-state index contributed by atoms with van der Waals surface area (Å²) in [5.74, 6) is 1.55. The fourth-order valence-corrected chi connectivity index (χ4v) is 9.31. The van der Waals surface area contributed by atoms with Crippen molar-refractivity contribution in [3.8, 4) is 17.6 Å². The molecule has 13 heteroatoms. The summed E-state index contributed by atoms with van der Waals surface area (Å²) in [6.45, 7) is 2.28. The van der Waals surface area contributed by atoms with Gasteiger partial charge in [-0.05, 0) is 68.1 Å². The third-order valence-corrected chi connectivity index (χ3v) is 11.7. The molecule has 1 fully saturated rings. The first-order valence-electron chi connectivity index (χ1n) is 14.5. The van der Waals surface area contributed by atoms with E-state index in [4.69, 9.17) is 21.1 Å². The molecule has 1 aromatic heterocycles. The summed E-state index contributed by atoms with van der Waals surface area (Å²) in [5, 5.41) is 14.6. The van der Waals surface area contributed by atoms with Crippen molar-refractivity contribution < 1.29 is 22.3 Å². The number of nitrogens with one attached hydrogen (secondary N) is 2. The number of hydrogen-bond donors (Lipinski definition) is 2. The van der Waals surface area contributed by atoms with Crippen LogP contribution in [0.1, 0.15) is 43.7 Å². The molecule has 0 spiro atoms. The summed E-state index contributed by atoms with van der Waals surface area (Å²) in [6, 6.07) is 16.6. The van der Waals surface area contributed by atoms with Crippen LogP contribution in [-0.4, -0.2) is 36.8 Å². The highest BCUT2D eigenvalue weighted by atomic mass is 35.5. The maximum absolute atomic E-state index is 13.5. The van der Waals surface area contributed by atoms with Crippen LogP contribution >= 0.6 is 33.2 Å². The van der Waals surface area contributed by atoms with E-state index in [1.165, 1.54) is 24.8 Å². The molecule has 1 atom stereocenters. The molecule has 236 valence electrons. The summed E-state index contributed by atoms with van der Waals surface area (Å²) in [5.41, 5.74) is 2.70. The average Bonchev–Trinajstić information content (AvgIpc) is 3.53. The lowest BCUT2D eigenvalue weighted by Gasteiger charge is -2.17. The fraction of sp³-hybridized carbons (Fsp3) is 0.312. The van der Waals surface area contributed by atoms with Gasteiger partial charge in [-0.15, -0.1) is 0 Å². The molecule has 0 amide bonds. The molecule has 1 unspecified atom stereocenters. The number of pyridine rings is 1. The highest BCUT2D eigenvalue weighted by molar-refractivity contribution is 8.77. The van der Waals surface area contributed by atoms with Crippen LogP contribution in [0, 0.1) is 17.1 Å². The van der Waals surface area contributed by atoms with Gasteiger partial charge in [0.05, 0.1) is 39.8 Å². The third kappa shape index (κ3) is 8.88. The molecule has 1 aliphatic heterocycles. The lowest BCUT2D eigenvalue weighted by atomic mass is 10.1. The molecule has 3 aromatic carbocycles. The van der Waals surface area contributed by atoms with Gasteiger partial charge in [0.15, 0.2) is 0 Å². The number of anilines is 3. The van der Waals surface area contributed by atoms with E-state index in [2.05, 4.69) is 21.1 Å². The Morgan fingerprint density at radius 3 is 2.73 bits per heavy atom. The summed E-state index contributed by atoms with van der Waals surface area (Å²) in [4.78, 5) is 4.43. The van der Waals surface area contributed by atoms with E-state index in [1.807, 2.05) is 28.5 Å². The number of ether oxygens (including phenoxy) is 2. The quantitative estimate of drug-likeness (QED) is 0.0993. The van der Waals surface area contributed by atoms with Crippen molar-refractivity contribution in [3.05, 3.63) is 82.8 Å². The number of unbranched alkanes of at least 4 members (excludes halogenated alkanes) is 1. The summed E-state index contributed by atoms with van der Waals surface area (Å²) < 4.78 is 54.0. The Kier molecular flexibility index (Phi) is 11.2. The first-order chi connectivity index (χ1) is 21.7. The molecule has 45 heavy (non-hydrogen) atoms. The van der Waals surface area contributed by atoms with E-state index >= 15 is 0 Å². The van der Waals surface area contributed by atoms with Crippen LogP contribution in [0.2, 0.25) is 5.02 Å². The molecule has 0 radical (unpaired) electrons. The maximum Gasteiger partial charge on any atom is 0.232 e. The molecular formula is C32H32ClFN4O4S3. The minimum absolute atomic E-state index is 0.00510. The number of hydrogen-bond acceptors (Lipinski definition) is 9. The zero-order valence-corrected chi connectivity index (χ0v) is 27.7. The Morgan fingerprint density at radius 2 is 2.00 bits per heavy atom. The Bertz CT molecular complexity index is 1810. The highest BCUT2D eigenvalue weighted by Gasteiger charge is 2.20. The van der Waals surface area contributed by atoms with Crippen LogP contribution in [0.5, 0.6) is 11.5 Å². The van der Waals surface area contributed by atoms with Crippen LogP contribution in [0.15, 0.2) is 60.8 Å². The van der Waals surface area contributed by atoms with Gasteiger partial charge in [0.1, 0.15) is 30.0 Å². The number of halogens is 2. The highest BCUT2D eigenvalue weighted by Crippen LogP contribution is 2.40. The topological polar surface area (TPSA) is 113 Å². The predicted octanol–water partition coefficient (Wildman–Crippen LogP) is 8.69. The minimum atomic E-state index is -3.67. The number of aromatic nitrogens is 1. The number of benzene rings is 3. The number of fused-ring (bicyclic) bond motifs is 1. The van der Waals surface area contributed by atoms with Gasteiger partial charge in [-0.3, -0.25) is 9.71 Å². The fourth-order valence-electron chi connectivity index (χ4n) is 4.87. The van der Waals surface area contributed by atoms with Crippen LogP contribution in [0.3, 0.4) is 0 Å². The SMILES string of the molecule is CCOc1cc2ncc(C#N)c(Nc3ccc(OCc4cccc(F)c4)c(Cl)c3)c2cc1NS(=O)(=O)CCCCC1CCSS1. The lowest BCUT2D eigenvalue weighted by Crippen LogP contribution is -2.18. The third-order valence-electron chi connectivity index (χ3n) is 7.06. The molecule has 5 rings (SSSR count). The van der Waals surface area contributed by atoms with Gasteiger partial charge in [-0.2, -0.15) is 5.26 Å². The summed E-state index contributed by atoms with van der Waals surface area (Å²) >= 11 is 6.52. The van der Waals surface area contributed by atoms with Crippen molar-refractivity contribution in [2.24, 2.45) is 0 Å². The normalized spacial score (nSPS) is 14.7. The van der Waals surface area contributed by atoms with E-state index in [0.29, 0.717) is 62.6 Å². The molecule has 0 aliphatic carbocycles. The van der Waals surface area contributed by atoms with E-state index in [-0.39, 0.29) is 29.4 Å². The van der Waals surface area contributed by atoms with Gasteiger partial charge in [0.2, 0.25) is 10.0 Å². The Balaban J connectivity index is 1.37. The second-order valence-electron chi connectivity index (χ2n) is 10.4. The molecule has 2 N–H and O–H groups in total. The minimum Gasteiger partial charge on any atom is -0.492 e. The lowest BCUT2D eigenvalue weighted by molar-refractivity contribution is 0.306. The summed E-state index contributed by atoms with van der Waals surface area (Å²) in [6.07, 6.45) is 5.03. The van der Waals surface area contributed by atoms with Crippen molar-refractivity contribution >= 4 is 71.2 Å². The van der Waals surface area contributed by atoms with Gasteiger partial charge in [0, 0.05) is 34.3 Å². The van der Waals surface area contributed by atoms with Crippen molar-refractivity contribution in [3.63, 3.8) is 0 Å². The molecule has 2 heterocycles. The zero-order valence-electron chi connectivity index (χ0n) is 24.5. The number of rotatable bonds is 14. The molecule has 1 aliphatic rings. The van der Waals surface area contributed by atoms with Crippen LogP contribution < -0.4 is 19.5 Å². The Hall–Kier alpha value is -3.37. The van der Waals surface area contributed by atoms with Gasteiger partial charge in [0.25, 0.3) is 0 Å². The van der Waals surface area contributed by atoms with Gasteiger partial charge >= 0.3 is 0 Å². The van der Waals surface area contributed by atoms with Crippen LogP contribution in [0.4, 0.5) is 21.5 Å². The first-order valence-corrected chi connectivity index (χ1v) is 18.9. The van der Waals surface area contributed by atoms with E-state index < -0.39 is 10.0 Å². The first kappa shape index (κ1) is 33.0. The second kappa shape index (κ2) is 15.3. The summed E-state index contributed by atoms with van der Waals surface area (Å²) in [7, 11) is 0.109. The maximum atomic E-state index is 13.5. The average molecular weight is 687 g/mol. The van der Waals surface area contributed by atoms with E-state index in [0.717, 1.165) is 18.6 Å². The Labute approximate surface area is 275 Å². The molecule has 0 bridgehead atoms. The number of nitriles is 1. The van der Waals surface area contributed by atoms with Crippen molar-refractivity contribution in [2.75, 3.05) is 28.2 Å². The van der Waals surface area contributed by atoms with E-state index in [9.17, 15) is 18.1 Å². The van der Waals surface area contributed by atoms with Crippen LogP contribution in [-0.2, 0) is 16.6 Å². The molecule has 4 aromatic rings. The standard InChI is InChI=1S/C32H32ClFN4O4S3/c1-2-41-31-17-28-26(16-29(31)38-45(39,40)13-4-3-8-25-11-12-43-44-25)32(22(18-35)19-36-28)37-24-9-10-30(27(33)15-24)42-20-21-6-5-7-23(34)14-21/h5-7,9-10,14-17,19,25,38H,2-4,8,11-13,20H2,1H3,(H,36,37). The van der Waals surface area contributed by atoms with Gasteiger partial charge < -0.3 is 14.8 Å². The number of nitrogens with zero attached hydrogens (tertiary/aromatic N) is 2. The molecule has 1 saturated heterocycles. The van der Waals surface area contributed by atoms with Gasteiger partial charge in [-0.25, -0.2) is 12.8 Å².